The number of halogens is 2. The van der Waals surface area contributed by atoms with Crippen LogP contribution < -0.4 is 5.32 Å². The normalized spacial score (nSPS) is 11.7. The van der Waals surface area contributed by atoms with Crippen LogP contribution in [0.4, 0.5) is 4.79 Å². The number of benzene rings is 2. The van der Waals surface area contributed by atoms with E-state index in [2.05, 4.69) is 20.8 Å². The van der Waals surface area contributed by atoms with Crippen molar-refractivity contribution in [3.05, 3.63) is 75.5 Å². The van der Waals surface area contributed by atoms with Crippen molar-refractivity contribution in [1.82, 2.24) is 25.5 Å². The summed E-state index contributed by atoms with van der Waals surface area (Å²) < 4.78 is 6.57. The Labute approximate surface area is 189 Å². The van der Waals surface area contributed by atoms with E-state index in [1.54, 1.807) is 25.1 Å². The average Bonchev–Trinajstić information content (AvgIpc) is 3.20. The Balaban J connectivity index is 1.60. The van der Waals surface area contributed by atoms with E-state index < -0.39 is 12.1 Å². The number of alkyl carbamates (subject to hydrolysis) is 1. The van der Waals surface area contributed by atoms with Gasteiger partial charge in [-0.25, -0.2) is 9.48 Å². The minimum Gasteiger partial charge on any atom is -0.445 e. The van der Waals surface area contributed by atoms with Crippen molar-refractivity contribution in [3.63, 3.8) is 0 Å². The molecule has 0 saturated heterocycles. The number of ether oxygens (including phenoxy) is 1. The van der Waals surface area contributed by atoms with Crippen LogP contribution in [0.3, 0.4) is 0 Å². The molecule has 1 unspecified atom stereocenters. The van der Waals surface area contributed by atoms with Gasteiger partial charge in [-0.1, -0.05) is 66.5 Å². The molecule has 0 aliphatic heterocycles. The van der Waals surface area contributed by atoms with Crippen molar-refractivity contribution >= 4 is 35.1 Å². The molecule has 0 fully saturated rings. The quantitative estimate of drug-likeness (QED) is 0.519. The standard InChI is InChI=1S/C21H21Cl2N5O3/c1-2-18(24-21(30)31-13-14-7-4-3-5-8-14)19(29)12-28-20(25-26-27-28)11-15-16(22)9-6-10-17(15)23/h3-10,18H,2,11-13H2,1H3,(H,24,30). The molecule has 162 valence electrons. The molecule has 10 heteroatoms. The zero-order valence-corrected chi connectivity index (χ0v) is 18.3. The van der Waals surface area contributed by atoms with E-state index in [0.717, 1.165) is 5.56 Å². The molecule has 1 aromatic heterocycles. The predicted molar refractivity (Wildman–Crippen MR) is 116 cm³/mol. The molecule has 0 bridgehead atoms. The maximum atomic E-state index is 12.8. The van der Waals surface area contributed by atoms with E-state index >= 15 is 0 Å². The highest BCUT2D eigenvalue weighted by atomic mass is 35.5. The molecule has 1 atom stereocenters. The highest BCUT2D eigenvalue weighted by molar-refractivity contribution is 6.36. The Kier molecular flexibility index (Phi) is 7.97. The van der Waals surface area contributed by atoms with Crippen molar-refractivity contribution < 1.29 is 14.3 Å². The number of carbonyl (C=O) groups excluding carboxylic acids is 2. The van der Waals surface area contributed by atoms with E-state index in [0.29, 0.717) is 27.9 Å². The van der Waals surface area contributed by atoms with Crippen molar-refractivity contribution in [2.45, 2.75) is 39.0 Å². The number of carbonyl (C=O) groups is 2. The fourth-order valence-corrected chi connectivity index (χ4v) is 3.44. The number of Topliss-reactive ketones (excluding diaryl/α,β-unsaturated/α-hetero) is 1. The lowest BCUT2D eigenvalue weighted by Gasteiger charge is -2.16. The van der Waals surface area contributed by atoms with E-state index in [9.17, 15) is 9.59 Å². The molecule has 2 aromatic carbocycles. The van der Waals surface area contributed by atoms with E-state index in [-0.39, 0.29) is 25.4 Å². The van der Waals surface area contributed by atoms with Crippen LogP contribution in [0.2, 0.25) is 10.0 Å². The summed E-state index contributed by atoms with van der Waals surface area (Å²) >= 11 is 12.4. The van der Waals surface area contributed by atoms with E-state index in [1.165, 1.54) is 4.68 Å². The third-order valence-corrected chi connectivity index (χ3v) is 5.32. The SMILES string of the molecule is CCC(NC(=O)OCc1ccccc1)C(=O)Cn1nnnc1Cc1c(Cl)cccc1Cl. The molecule has 0 spiro atoms. The lowest BCUT2D eigenvalue weighted by Crippen LogP contribution is -2.42. The molecule has 0 saturated carbocycles. The second kappa shape index (κ2) is 10.9. The minimum atomic E-state index is -0.732. The Morgan fingerprint density at radius 3 is 2.48 bits per heavy atom. The summed E-state index contributed by atoms with van der Waals surface area (Å²) in [4.78, 5) is 24.9. The van der Waals surface area contributed by atoms with Gasteiger partial charge in [-0.05, 0) is 40.1 Å². The smallest absolute Gasteiger partial charge is 0.408 e. The maximum absolute atomic E-state index is 12.8. The van der Waals surface area contributed by atoms with Gasteiger partial charge in [0.05, 0.1) is 6.04 Å². The fraction of sp³-hybridized carbons (Fsp3) is 0.286. The summed E-state index contributed by atoms with van der Waals surface area (Å²) in [5, 5.41) is 15.1. The molecule has 1 heterocycles. The largest absolute Gasteiger partial charge is 0.445 e. The molecule has 0 aliphatic carbocycles. The number of rotatable bonds is 9. The first-order valence-electron chi connectivity index (χ1n) is 9.65. The van der Waals surface area contributed by atoms with Gasteiger partial charge in [0.1, 0.15) is 13.2 Å². The number of nitrogens with zero attached hydrogens (tertiary/aromatic N) is 4. The van der Waals surface area contributed by atoms with Gasteiger partial charge in [-0.15, -0.1) is 5.10 Å². The number of tetrazole rings is 1. The topological polar surface area (TPSA) is 99.0 Å². The van der Waals surface area contributed by atoms with Crippen LogP contribution >= 0.6 is 23.2 Å². The molecular formula is C21H21Cl2N5O3. The molecule has 31 heavy (non-hydrogen) atoms. The van der Waals surface area contributed by atoms with Crippen LogP contribution in [-0.4, -0.2) is 38.1 Å². The second-order valence-corrected chi connectivity index (χ2v) is 7.58. The van der Waals surface area contributed by atoms with Gasteiger partial charge < -0.3 is 10.1 Å². The minimum absolute atomic E-state index is 0.109. The summed E-state index contributed by atoms with van der Waals surface area (Å²) in [6.07, 6.45) is -0.00121. The van der Waals surface area contributed by atoms with Crippen molar-refractivity contribution in [2.75, 3.05) is 0 Å². The maximum Gasteiger partial charge on any atom is 0.408 e. The van der Waals surface area contributed by atoms with Crippen molar-refractivity contribution in [3.8, 4) is 0 Å². The monoisotopic (exact) mass is 461 g/mol. The van der Waals surface area contributed by atoms with Crippen LogP contribution in [0.15, 0.2) is 48.5 Å². The summed E-state index contributed by atoms with van der Waals surface area (Å²) in [5.41, 5.74) is 1.53. The van der Waals surface area contributed by atoms with E-state index in [4.69, 9.17) is 27.9 Å². The van der Waals surface area contributed by atoms with Gasteiger partial charge in [-0.3, -0.25) is 4.79 Å². The van der Waals surface area contributed by atoms with E-state index in [1.807, 2.05) is 30.3 Å². The molecule has 0 radical (unpaired) electrons. The third-order valence-electron chi connectivity index (χ3n) is 4.61. The first-order chi connectivity index (χ1) is 15.0. The lowest BCUT2D eigenvalue weighted by atomic mass is 10.1. The Bertz CT molecular complexity index is 1020. The molecule has 3 rings (SSSR count). The molecular weight excluding hydrogens is 441 g/mol. The summed E-state index contributed by atoms with van der Waals surface area (Å²) in [6.45, 7) is 1.80. The fourth-order valence-electron chi connectivity index (χ4n) is 2.91. The third kappa shape index (κ3) is 6.26. The van der Waals surface area contributed by atoms with Gasteiger partial charge in [0.2, 0.25) is 0 Å². The van der Waals surface area contributed by atoms with Gasteiger partial charge in [0.15, 0.2) is 11.6 Å². The lowest BCUT2D eigenvalue weighted by molar-refractivity contribution is -0.121. The average molecular weight is 462 g/mol. The summed E-state index contributed by atoms with van der Waals surface area (Å²) in [6, 6.07) is 13.7. The molecule has 1 amide bonds. The van der Waals surface area contributed by atoms with Crippen LogP contribution in [0.5, 0.6) is 0 Å². The van der Waals surface area contributed by atoms with Gasteiger partial charge in [-0.2, -0.15) is 0 Å². The van der Waals surface area contributed by atoms with Crippen LogP contribution in [0, 0.1) is 0 Å². The highest BCUT2D eigenvalue weighted by Crippen LogP contribution is 2.26. The van der Waals surface area contributed by atoms with Crippen molar-refractivity contribution in [2.24, 2.45) is 0 Å². The van der Waals surface area contributed by atoms with Gasteiger partial charge >= 0.3 is 6.09 Å². The number of nitrogens with one attached hydrogen (secondary N) is 1. The van der Waals surface area contributed by atoms with Crippen LogP contribution in [0.25, 0.3) is 0 Å². The Morgan fingerprint density at radius 2 is 1.81 bits per heavy atom. The summed E-state index contributed by atoms with van der Waals surface area (Å²) in [7, 11) is 0. The number of hydrogen-bond donors (Lipinski definition) is 1. The molecule has 8 nitrogen and oxygen atoms in total. The van der Waals surface area contributed by atoms with Gasteiger partial charge in [0.25, 0.3) is 0 Å². The van der Waals surface area contributed by atoms with Crippen molar-refractivity contribution in [1.29, 1.82) is 0 Å². The molecule has 1 N–H and O–H groups in total. The number of hydrogen-bond acceptors (Lipinski definition) is 6. The molecule has 3 aromatic rings. The van der Waals surface area contributed by atoms with Crippen LogP contribution in [-0.2, 0) is 29.1 Å². The molecule has 0 aliphatic rings. The zero-order chi connectivity index (χ0) is 22.2. The predicted octanol–water partition coefficient (Wildman–Crippen LogP) is 3.84. The number of amides is 1. The first kappa shape index (κ1) is 22.7. The van der Waals surface area contributed by atoms with Crippen LogP contribution in [0.1, 0.15) is 30.3 Å². The zero-order valence-electron chi connectivity index (χ0n) is 16.8. The van der Waals surface area contributed by atoms with Gasteiger partial charge in [0, 0.05) is 16.5 Å². The summed E-state index contributed by atoms with van der Waals surface area (Å²) in [5.74, 6) is 0.183. The number of aromatic nitrogens is 4. The number of ketones is 1. The first-order valence-corrected chi connectivity index (χ1v) is 10.4. The Morgan fingerprint density at radius 1 is 1.10 bits per heavy atom. The highest BCUT2D eigenvalue weighted by Gasteiger charge is 2.22. The Hall–Kier alpha value is -2.97. The second-order valence-electron chi connectivity index (χ2n) is 6.76.